The Kier molecular flexibility index (Phi) is 3.08. The minimum absolute atomic E-state index is 0.0790. The fourth-order valence-electron chi connectivity index (χ4n) is 2.30. The molecule has 6 nitrogen and oxygen atoms in total. The van der Waals surface area contributed by atoms with Gasteiger partial charge in [0.1, 0.15) is 12.2 Å². The quantitative estimate of drug-likeness (QED) is 0.418. The zero-order valence-corrected chi connectivity index (χ0v) is 10.2. The second-order valence-corrected chi connectivity index (χ2v) is 6.27. The van der Waals surface area contributed by atoms with Gasteiger partial charge in [0.25, 0.3) is 21.1 Å². The van der Waals surface area contributed by atoms with Crippen LogP contribution >= 0.6 is 0 Å². The van der Waals surface area contributed by atoms with Crippen molar-refractivity contribution in [2.24, 2.45) is 11.8 Å². The van der Waals surface area contributed by atoms with Crippen molar-refractivity contribution in [1.82, 2.24) is 0 Å². The Morgan fingerprint density at radius 1 is 1.19 bits per heavy atom. The van der Waals surface area contributed by atoms with E-state index < -0.39 is 33.3 Å². The normalized spacial score (nSPS) is 37.4. The molecule has 0 aromatic carbocycles. The molecule has 92 valence electrons. The van der Waals surface area contributed by atoms with Gasteiger partial charge >= 0.3 is 0 Å². The Balaban J connectivity index is 2.18. The van der Waals surface area contributed by atoms with Gasteiger partial charge in [0.05, 0.1) is 6.26 Å². The second-order valence-electron chi connectivity index (χ2n) is 4.01. The molecule has 0 spiro atoms. The van der Waals surface area contributed by atoms with Crippen LogP contribution in [0.2, 0.25) is 0 Å². The van der Waals surface area contributed by atoms with E-state index in [2.05, 4.69) is 0 Å². The molecule has 0 amide bonds. The first-order valence-electron chi connectivity index (χ1n) is 4.74. The number of hydrogen-bond donors (Lipinski definition) is 1. The van der Waals surface area contributed by atoms with E-state index in [0.29, 0.717) is 6.42 Å². The molecule has 0 radical (unpaired) electrons. The lowest BCUT2D eigenvalue weighted by Crippen LogP contribution is -2.36. The van der Waals surface area contributed by atoms with E-state index in [0.717, 1.165) is 6.26 Å². The third-order valence-electron chi connectivity index (χ3n) is 2.81. The van der Waals surface area contributed by atoms with Crippen LogP contribution in [0.15, 0.2) is 12.2 Å². The van der Waals surface area contributed by atoms with Crippen molar-refractivity contribution in [3.63, 3.8) is 0 Å². The molecular formula is C8H12O6S2. The molecule has 0 saturated heterocycles. The van der Waals surface area contributed by atoms with Crippen molar-refractivity contribution in [2.75, 3.05) is 6.26 Å². The molecule has 2 aliphatic carbocycles. The van der Waals surface area contributed by atoms with E-state index in [1.54, 1.807) is 0 Å². The van der Waals surface area contributed by atoms with E-state index in [1.165, 1.54) is 0 Å². The molecular weight excluding hydrogens is 256 g/mol. The smallest absolute Gasteiger partial charge is 0.264 e. The highest BCUT2D eigenvalue weighted by Crippen LogP contribution is 2.43. The summed E-state index contributed by atoms with van der Waals surface area (Å²) in [6, 6.07) is 0. The van der Waals surface area contributed by atoms with Crippen LogP contribution in [0.1, 0.15) is 6.42 Å². The predicted molar refractivity (Wildman–Crippen MR) is 55.6 cm³/mol. The summed E-state index contributed by atoms with van der Waals surface area (Å²) in [7, 11) is -6.61. The first-order valence-corrected chi connectivity index (χ1v) is 7.66. The van der Waals surface area contributed by atoms with Gasteiger partial charge in [-0.15, -0.1) is 0 Å². The van der Waals surface area contributed by atoms with Gasteiger partial charge in [0.15, 0.2) is 0 Å². The van der Waals surface area contributed by atoms with Gasteiger partial charge in [-0.1, -0.05) is 12.2 Å². The molecule has 2 bridgehead atoms. The van der Waals surface area contributed by atoms with Crippen LogP contribution in [-0.2, 0) is 29.5 Å². The lowest BCUT2D eigenvalue weighted by atomic mass is 10.0. The molecule has 0 N–H and O–H groups in total. The summed E-state index contributed by atoms with van der Waals surface area (Å²) in [5.41, 5.74) is 0. The summed E-state index contributed by atoms with van der Waals surface area (Å²) in [5, 5.41) is 0. The van der Waals surface area contributed by atoms with Gasteiger partial charge in [-0.2, -0.15) is 8.42 Å². The average molecular weight is 268 g/mol. The van der Waals surface area contributed by atoms with Crippen molar-refractivity contribution in [3.8, 4) is 0 Å². The van der Waals surface area contributed by atoms with Crippen molar-refractivity contribution in [2.45, 2.75) is 18.6 Å². The Bertz CT molecular complexity index is 469. The SMILES string of the molecule is CS(=O)(=O)OC1C2C=CC(C2)C1O[SH](=O)=O. The van der Waals surface area contributed by atoms with Gasteiger partial charge in [-0.05, 0) is 6.42 Å². The van der Waals surface area contributed by atoms with Crippen LogP contribution in [0.5, 0.6) is 0 Å². The van der Waals surface area contributed by atoms with Crippen molar-refractivity contribution >= 4 is 21.1 Å². The first kappa shape index (κ1) is 12.0. The number of fused-ring (bicyclic) bond motifs is 2. The van der Waals surface area contributed by atoms with Crippen molar-refractivity contribution in [3.05, 3.63) is 12.2 Å². The molecule has 4 atom stereocenters. The fourth-order valence-corrected chi connectivity index (χ4v) is 3.43. The minimum Gasteiger partial charge on any atom is -0.265 e. The van der Waals surface area contributed by atoms with Crippen molar-refractivity contribution in [1.29, 1.82) is 0 Å². The Morgan fingerprint density at radius 3 is 2.25 bits per heavy atom. The number of hydrogen-bond acceptors (Lipinski definition) is 6. The summed E-state index contributed by atoms with van der Waals surface area (Å²) in [6.07, 6.45) is 3.86. The molecule has 2 aliphatic rings. The maximum atomic E-state index is 11.0. The van der Waals surface area contributed by atoms with Gasteiger partial charge in [-0.25, -0.2) is 8.42 Å². The third-order valence-corrected chi connectivity index (χ3v) is 3.80. The molecule has 1 saturated carbocycles. The summed E-state index contributed by atoms with van der Waals surface area (Å²) in [6.45, 7) is 0. The highest BCUT2D eigenvalue weighted by atomic mass is 32.2. The molecule has 0 aliphatic heterocycles. The minimum atomic E-state index is -3.61. The van der Waals surface area contributed by atoms with Crippen molar-refractivity contribution < 1.29 is 25.2 Å². The van der Waals surface area contributed by atoms with Crippen LogP contribution < -0.4 is 0 Å². The summed E-state index contributed by atoms with van der Waals surface area (Å²) in [4.78, 5) is 0. The van der Waals surface area contributed by atoms with Crippen LogP contribution in [0.4, 0.5) is 0 Å². The molecule has 0 aromatic rings. The summed E-state index contributed by atoms with van der Waals surface area (Å²) >= 11 is 0. The number of rotatable bonds is 4. The van der Waals surface area contributed by atoms with Crippen LogP contribution in [0, 0.1) is 11.8 Å². The Labute approximate surface area is 95.5 Å². The Hall–Kier alpha value is -0.440. The van der Waals surface area contributed by atoms with E-state index in [1.807, 2.05) is 12.2 Å². The molecule has 16 heavy (non-hydrogen) atoms. The monoisotopic (exact) mass is 268 g/mol. The zero-order valence-electron chi connectivity index (χ0n) is 8.48. The maximum Gasteiger partial charge on any atom is 0.264 e. The van der Waals surface area contributed by atoms with Crippen LogP contribution in [-0.4, -0.2) is 35.3 Å². The predicted octanol–water partition coefficient (Wildman–Crippen LogP) is -0.551. The summed E-state index contributed by atoms with van der Waals surface area (Å²) < 4.78 is 52.7. The molecule has 0 aromatic heterocycles. The highest BCUT2D eigenvalue weighted by molar-refractivity contribution is 7.86. The topological polar surface area (TPSA) is 86.7 Å². The molecule has 4 unspecified atom stereocenters. The molecule has 8 heteroatoms. The van der Waals surface area contributed by atoms with Crippen LogP contribution in [0.3, 0.4) is 0 Å². The van der Waals surface area contributed by atoms with Gasteiger partial charge in [-0.3, -0.25) is 8.37 Å². The molecule has 0 heterocycles. The Morgan fingerprint density at radius 2 is 1.75 bits per heavy atom. The number of thiol groups is 1. The fraction of sp³-hybridized carbons (Fsp3) is 0.750. The largest absolute Gasteiger partial charge is 0.265 e. The maximum absolute atomic E-state index is 11.0. The average Bonchev–Trinajstić information content (AvgIpc) is 2.65. The second kappa shape index (κ2) is 4.10. The van der Waals surface area contributed by atoms with E-state index >= 15 is 0 Å². The summed E-state index contributed by atoms with van der Waals surface area (Å²) in [5.74, 6) is -0.163. The standard InChI is InChI=1S/C8H12O6S2/c1-16(11,12)14-8-6-3-2-5(4-6)7(8)13-15(9)10/h2-3,5-8,15H,4H2,1H3. The third kappa shape index (κ3) is 2.45. The zero-order chi connectivity index (χ0) is 11.9. The van der Waals surface area contributed by atoms with Gasteiger partial charge in [0.2, 0.25) is 0 Å². The first-order chi connectivity index (χ1) is 7.37. The van der Waals surface area contributed by atoms with E-state index in [-0.39, 0.29) is 11.8 Å². The van der Waals surface area contributed by atoms with E-state index in [9.17, 15) is 16.8 Å². The molecule has 1 fully saturated rings. The lowest BCUT2D eigenvalue weighted by molar-refractivity contribution is 0.0597. The van der Waals surface area contributed by atoms with Gasteiger partial charge in [0, 0.05) is 11.8 Å². The van der Waals surface area contributed by atoms with E-state index in [4.69, 9.17) is 8.37 Å². The lowest BCUT2D eigenvalue weighted by Gasteiger charge is -2.24. The highest BCUT2D eigenvalue weighted by Gasteiger charge is 2.48. The molecule has 2 rings (SSSR count). The van der Waals surface area contributed by atoms with Gasteiger partial charge < -0.3 is 0 Å². The van der Waals surface area contributed by atoms with Crippen LogP contribution in [0.25, 0.3) is 0 Å².